The minimum atomic E-state index is -2.41. The van der Waals surface area contributed by atoms with E-state index in [1.165, 1.54) is 12.0 Å². The number of hydrogen-bond acceptors (Lipinski definition) is 13. The lowest BCUT2D eigenvalue weighted by Gasteiger charge is -2.42. The van der Waals surface area contributed by atoms with Gasteiger partial charge in [0, 0.05) is 58.5 Å². The van der Waals surface area contributed by atoms with E-state index in [-0.39, 0.29) is 67.3 Å². The summed E-state index contributed by atoms with van der Waals surface area (Å²) in [5.41, 5.74) is 0.890. The summed E-state index contributed by atoms with van der Waals surface area (Å²) in [5, 5.41) is 23.5. The zero-order valence-electron chi connectivity index (χ0n) is 41.2. The molecule has 374 valence electrons. The molecule has 3 aliphatic heterocycles. The average Bonchev–Trinajstić information content (AvgIpc) is 3.30. The summed E-state index contributed by atoms with van der Waals surface area (Å²) in [6, 6.07) is -1.11. The Morgan fingerprint density at radius 1 is 0.848 bits per heavy atom. The number of Topliss-reactive ketones (excluding diaryl/α,β-unsaturated/α-hetero) is 3. The quantitative estimate of drug-likeness (QED) is 0.144. The number of carbonyl (C=O) groups excluding carboxylic acids is 5. The summed E-state index contributed by atoms with van der Waals surface area (Å²) < 4.78 is 35.4. The van der Waals surface area contributed by atoms with Crippen molar-refractivity contribution in [3.63, 3.8) is 0 Å². The van der Waals surface area contributed by atoms with Crippen LogP contribution in [-0.4, -0.2) is 127 Å². The molecule has 0 spiro atoms. The van der Waals surface area contributed by atoms with Crippen molar-refractivity contribution in [2.75, 3.05) is 27.9 Å². The number of allylic oxidation sites excluding steroid dienone is 5. The molecular weight excluding hydrogens is 961 g/mol. The molecule has 66 heavy (non-hydrogen) atoms. The molecule has 0 aromatic heterocycles. The van der Waals surface area contributed by atoms with Crippen LogP contribution in [0, 0.1) is 41.4 Å². The summed E-state index contributed by atoms with van der Waals surface area (Å²) in [4.78, 5) is 72.1. The molecule has 15 heteroatoms. The van der Waals surface area contributed by atoms with Crippen molar-refractivity contribution in [3.05, 3.63) is 36.0 Å². The average molecular weight is 1040 g/mol. The van der Waals surface area contributed by atoms with E-state index in [2.05, 4.69) is 0 Å². The fraction of sp³-hybridized carbons (Fsp3) is 0.784. The van der Waals surface area contributed by atoms with Crippen LogP contribution in [0.5, 0.6) is 0 Å². The monoisotopic (exact) mass is 1040 g/mol. The number of aliphatic hydroxyl groups is 2. The minimum absolute atomic E-state index is 0.0389. The van der Waals surface area contributed by atoms with Gasteiger partial charge in [-0.05, 0) is 107 Å². The number of halogens is 1. The van der Waals surface area contributed by atoms with Gasteiger partial charge in [0.15, 0.2) is 5.78 Å². The number of esters is 1. The zero-order chi connectivity index (χ0) is 48.9. The Labute approximate surface area is 408 Å². The van der Waals surface area contributed by atoms with Crippen LogP contribution in [0.2, 0.25) is 0 Å². The maximum atomic E-state index is 14.4. The number of amides is 1. The highest BCUT2D eigenvalue weighted by Gasteiger charge is 2.53. The third-order valence-electron chi connectivity index (χ3n) is 15.0. The smallest absolute Gasteiger partial charge is 0.329 e. The Hall–Kier alpha value is -2.38. The van der Waals surface area contributed by atoms with Crippen LogP contribution in [0.4, 0.5) is 0 Å². The second-order valence-electron chi connectivity index (χ2n) is 20.1. The van der Waals surface area contributed by atoms with Crippen LogP contribution in [0.25, 0.3) is 0 Å². The molecule has 0 aromatic carbocycles. The highest BCUT2D eigenvalue weighted by Crippen LogP contribution is 2.38. The molecule has 0 aromatic rings. The Balaban J connectivity index is 1.68. The van der Waals surface area contributed by atoms with E-state index in [4.69, 9.17) is 26.8 Å². The van der Waals surface area contributed by atoms with E-state index in [0.717, 1.165) is 24.8 Å². The van der Waals surface area contributed by atoms with E-state index in [0.29, 0.717) is 44.9 Å². The predicted octanol–water partition coefficient (Wildman–Crippen LogP) is 7.63. The van der Waals surface area contributed by atoms with E-state index in [1.807, 2.05) is 81.1 Å². The number of ketones is 3. The summed E-state index contributed by atoms with van der Waals surface area (Å²) in [6.07, 6.45) is 11.8. The van der Waals surface area contributed by atoms with Crippen LogP contribution in [0.15, 0.2) is 36.0 Å². The number of nitrogens with zero attached hydrogens (tertiary/aromatic N) is 1. The van der Waals surface area contributed by atoms with Crippen molar-refractivity contribution in [2.45, 2.75) is 186 Å². The van der Waals surface area contributed by atoms with Gasteiger partial charge in [0.05, 0.1) is 30.5 Å². The van der Waals surface area contributed by atoms with E-state index < -0.39 is 83.7 Å². The maximum Gasteiger partial charge on any atom is 0.329 e. The number of cyclic esters (lactones) is 1. The third-order valence-corrected chi connectivity index (χ3v) is 15.6. The summed E-state index contributed by atoms with van der Waals surface area (Å²) in [6.45, 7) is 13.1. The zero-order valence-corrected chi connectivity index (χ0v) is 43.3. The number of ether oxygens (including phenoxy) is 5. The number of methoxy groups -OCH3 is 3. The van der Waals surface area contributed by atoms with Crippen molar-refractivity contribution in [1.82, 2.24) is 4.90 Å². The normalized spacial score (nSPS) is 40.4. The lowest BCUT2D eigenvalue weighted by molar-refractivity contribution is -0.265. The van der Waals surface area contributed by atoms with Crippen LogP contribution < -0.4 is 0 Å². The molecule has 1 saturated carbocycles. The molecule has 16 atom stereocenters. The lowest BCUT2D eigenvalue weighted by atomic mass is 9.78. The first kappa shape index (κ1) is 56.2. The van der Waals surface area contributed by atoms with Crippen molar-refractivity contribution in [2.24, 2.45) is 41.4 Å². The molecule has 3 fully saturated rings. The van der Waals surface area contributed by atoms with Crippen LogP contribution in [0.1, 0.15) is 132 Å². The Morgan fingerprint density at radius 2 is 1.58 bits per heavy atom. The van der Waals surface area contributed by atoms with Gasteiger partial charge in [-0.2, -0.15) is 0 Å². The van der Waals surface area contributed by atoms with E-state index in [9.17, 15) is 34.2 Å². The van der Waals surface area contributed by atoms with Crippen molar-refractivity contribution < 1.29 is 60.9 Å². The molecule has 2 N–H and O–H groups in total. The highest BCUT2D eigenvalue weighted by atomic mass is 127. The maximum absolute atomic E-state index is 14.4. The number of hydrogen-bond donors (Lipinski definition) is 2. The van der Waals surface area contributed by atoms with Crippen molar-refractivity contribution >= 4 is 52.2 Å². The molecule has 0 radical (unpaired) electrons. The van der Waals surface area contributed by atoms with Gasteiger partial charge in [-0.3, -0.25) is 19.2 Å². The van der Waals surface area contributed by atoms with Crippen molar-refractivity contribution in [3.8, 4) is 0 Å². The van der Waals surface area contributed by atoms with Gasteiger partial charge in [0.25, 0.3) is 11.7 Å². The Morgan fingerprint density at radius 3 is 2.24 bits per heavy atom. The van der Waals surface area contributed by atoms with Gasteiger partial charge < -0.3 is 41.9 Å². The molecule has 4 aliphatic rings. The first-order valence-electron chi connectivity index (χ1n) is 24.4. The topological polar surface area (TPSA) is 184 Å². The summed E-state index contributed by atoms with van der Waals surface area (Å²) in [5.74, 6) is -7.82. The minimum Gasteiger partial charge on any atom is -0.460 e. The standard InChI is InChI=1S/C51H80INO13/c1-30-16-12-11-13-17-31(2)42(61-8)28-38-21-19-36(7)51(60,65-38)48(57)49(58)53-23-15-14-18-39(53)50(59)64-43(33(4)26-37-20-22-41(66-52)44(27-37)62-9)29-40(54)32(3)25-35(6)46(56)47(63-10)45(55)34(5)24-30/h11-13,16-17,30,32-39,41-44,46-47,56,60H,14-15,18-29H2,1-10H3/b13-11+,16-12+,31-17+/t30-,32-,33?,34-,35?,36-,37+,38+,39+,41-,42+,43+,44-,46-,47+,51-/m1/s1. The number of fused-ring (bicyclic) bond motifs is 3. The predicted molar refractivity (Wildman–Crippen MR) is 258 cm³/mol. The van der Waals surface area contributed by atoms with Gasteiger partial charge in [0.2, 0.25) is 5.79 Å². The second kappa shape index (κ2) is 26.6. The highest BCUT2D eigenvalue weighted by molar-refractivity contribution is 14.1. The lowest BCUT2D eigenvalue weighted by Crippen LogP contribution is -2.61. The fourth-order valence-electron chi connectivity index (χ4n) is 10.5. The molecular formula is C51H80INO13. The molecule has 4 rings (SSSR count). The van der Waals surface area contributed by atoms with E-state index in [1.54, 1.807) is 35.0 Å². The van der Waals surface area contributed by atoms with Gasteiger partial charge >= 0.3 is 5.97 Å². The number of piperidine rings is 1. The second-order valence-corrected chi connectivity index (χ2v) is 20.6. The fourth-order valence-corrected chi connectivity index (χ4v) is 11.1. The molecule has 3 heterocycles. The molecule has 2 saturated heterocycles. The summed E-state index contributed by atoms with van der Waals surface area (Å²) in [7, 11) is 4.67. The number of carbonyl (C=O) groups is 5. The first-order valence-corrected chi connectivity index (χ1v) is 25.3. The number of rotatable bonds is 7. The van der Waals surface area contributed by atoms with Crippen LogP contribution in [-0.2, 0) is 50.7 Å². The Bertz CT molecular complexity index is 1720. The van der Waals surface area contributed by atoms with Crippen molar-refractivity contribution in [1.29, 1.82) is 0 Å². The molecule has 14 nitrogen and oxygen atoms in total. The van der Waals surface area contributed by atoms with Crippen LogP contribution >= 0.6 is 23.0 Å². The molecule has 1 aliphatic carbocycles. The van der Waals surface area contributed by atoms with Gasteiger partial charge in [-0.15, -0.1) is 0 Å². The number of aliphatic hydroxyl groups excluding tert-OH is 1. The van der Waals surface area contributed by atoms with E-state index >= 15 is 0 Å². The SMILES string of the molecule is CO[C@H]1C[C@@H]2CC[C@@H](C)[C@@](O)(O2)C(=O)C(=O)N2CCCC[C@H]2C(=O)O[C@H](C(C)C[C@@H]2CC[C@@H](OI)[C@H](OC)C2)CC(=O)[C@H](C)CC(C)[C@@H](O)[C@@H](OC)C(=O)[C@H](C)C[C@H](C)/C=C/C=C/C=C/1C. The largest absolute Gasteiger partial charge is 0.460 e. The third kappa shape index (κ3) is 14.8. The van der Waals surface area contributed by atoms with Gasteiger partial charge in [-0.25, -0.2) is 4.79 Å². The molecule has 2 unspecified atom stereocenters. The summed E-state index contributed by atoms with van der Waals surface area (Å²) >= 11 is 1.91. The molecule has 2 bridgehead atoms. The van der Waals surface area contributed by atoms with Crippen LogP contribution in [0.3, 0.4) is 0 Å². The first-order chi connectivity index (χ1) is 31.3. The molecule has 1 amide bonds. The van der Waals surface area contributed by atoms with Gasteiger partial charge in [0.1, 0.15) is 47.0 Å². The Kier molecular flexibility index (Phi) is 22.6. The van der Waals surface area contributed by atoms with Gasteiger partial charge in [-0.1, -0.05) is 71.9 Å².